The quantitative estimate of drug-likeness (QED) is 0.381. The number of carbonyl (C=O) groups excluding carboxylic acids is 2. The molecule has 0 radical (unpaired) electrons. The fourth-order valence-electron chi connectivity index (χ4n) is 0.979. The van der Waals surface area contributed by atoms with Gasteiger partial charge in [-0.1, -0.05) is 0 Å². The Morgan fingerprint density at radius 2 is 1.35 bits per heavy atom. The van der Waals surface area contributed by atoms with Gasteiger partial charge in [0.15, 0.2) is 0 Å². The van der Waals surface area contributed by atoms with Gasteiger partial charge in [-0.25, -0.2) is 0 Å². The van der Waals surface area contributed by atoms with E-state index < -0.39 is 9.63 Å². The molecule has 7 heteroatoms. The number of halogens is 2. The molecule has 17 heavy (non-hydrogen) atoms. The molecule has 0 heterocycles. The second-order valence-corrected chi connectivity index (χ2v) is 6.50. The van der Waals surface area contributed by atoms with E-state index in [4.69, 9.17) is 32.7 Å². The van der Waals surface area contributed by atoms with Crippen LogP contribution in [0.25, 0.3) is 0 Å². The third-order valence-electron chi connectivity index (χ3n) is 1.71. The molecule has 4 nitrogen and oxygen atoms in total. The summed E-state index contributed by atoms with van der Waals surface area (Å²) in [6.07, 6.45) is 0. The normalized spacial score (nSPS) is 13.9. The van der Waals surface area contributed by atoms with Crippen LogP contribution in [0, 0.1) is 0 Å². The molecule has 0 N–H and O–H groups in total. The van der Waals surface area contributed by atoms with Crippen LogP contribution in [-0.2, 0) is 19.1 Å². The molecule has 0 fully saturated rings. The Morgan fingerprint density at radius 1 is 1.00 bits per heavy atom. The zero-order chi connectivity index (χ0) is 13.3. The van der Waals surface area contributed by atoms with Crippen molar-refractivity contribution in [3.63, 3.8) is 0 Å². The van der Waals surface area contributed by atoms with Crippen LogP contribution < -0.4 is 0 Å². The van der Waals surface area contributed by atoms with Gasteiger partial charge < -0.3 is 0 Å². The summed E-state index contributed by atoms with van der Waals surface area (Å²) in [5.41, 5.74) is 0. The van der Waals surface area contributed by atoms with E-state index in [-0.39, 0.29) is 38.7 Å². The van der Waals surface area contributed by atoms with Crippen molar-refractivity contribution in [3.8, 4) is 0 Å². The first kappa shape index (κ1) is 17.0. The Hall–Kier alpha value is 0.0395. The van der Waals surface area contributed by atoms with Crippen LogP contribution in [0.1, 0.15) is 13.8 Å². The van der Waals surface area contributed by atoms with Crippen molar-refractivity contribution in [2.45, 2.75) is 23.5 Å². The molecule has 0 aromatic heterocycles. The van der Waals surface area contributed by atoms with Crippen LogP contribution in [0.3, 0.4) is 0 Å². The minimum absolute atomic E-state index is 0.131. The molecule has 0 aliphatic carbocycles. The molecule has 100 valence electrons. The molecule has 0 saturated carbocycles. The third-order valence-corrected chi connectivity index (χ3v) is 6.04. The number of ether oxygens (including phenoxy) is 2. The Balaban J connectivity index is 4.40. The fraction of sp³-hybridized carbons (Fsp3) is 0.800. The molecular weight excluding hydrogens is 334 g/mol. The summed E-state index contributed by atoms with van der Waals surface area (Å²) in [6, 6.07) is 0. The minimum atomic E-state index is -0.461. The van der Waals surface area contributed by atoms with Gasteiger partial charge in [0, 0.05) is 0 Å². The van der Waals surface area contributed by atoms with E-state index >= 15 is 0 Å². The zero-order valence-corrected chi connectivity index (χ0v) is 13.0. The first-order valence-corrected chi connectivity index (χ1v) is 8.25. The summed E-state index contributed by atoms with van der Waals surface area (Å²) >= 11 is 11.0. The van der Waals surface area contributed by atoms with Crippen LogP contribution in [0.15, 0.2) is 0 Å². The Labute approximate surface area is 117 Å². The van der Waals surface area contributed by atoms with Gasteiger partial charge in [0.1, 0.15) is 0 Å². The molecule has 0 rings (SSSR count). The van der Waals surface area contributed by atoms with Gasteiger partial charge in [-0.05, 0) is 0 Å². The summed E-state index contributed by atoms with van der Waals surface area (Å²) in [5, 5.41) is 0. The molecule has 0 amide bonds. The van der Waals surface area contributed by atoms with E-state index in [1.165, 1.54) is 0 Å². The molecule has 2 unspecified atom stereocenters. The third kappa shape index (κ3) is 6.51. The molecule has 2 atom stereocenters. The van der Waals surface area contributed by atoms with Crippen LogP contribution in [0.5, 0.6) is 0 Å². The average Bonchev–Trinajstić information content (AvgIpc) is 2.31. The number of hydrogen-bond acceptors (Lipinski definition) is 4. The SMILES string of the molecule is CCOC(=O)C(CCl)[Se]C(CCl)C(=O)OCC. The van der Waals surface area contributed by atoms with Crippen LogP contribution in [-0.4, -0.2) is 51.9 Å². The van der Waals surface area contributed by atoms with Gasteiger partial charge in [-0.3, -0.25) is 0 Å². The molecule has 0 aromatic rings. The van der Waals surface area contributed by atoms with E-state index in [2.05, 4.69) is 0 Å². The van der Waals surface area contributed by atoms with Crippen LogP contribution in [0.4, 0.5) is 0 Å². The molecule has 0 aromatic carbocycles. The number of hydrogen-bond donors (Lipinski definition) is 0. The van der Waals surface area contributed by atoms with E-state index in [9.17, 15) is 9.59 Å². The van der Waals surface area contributed by atoms with Crippen molar-refractivity contribution in [2.24, 2.45) is 0 Å². The van der Waals surface area contributed by atoms with Gasteiger partial charge >= 0.3 is 118 Å². The topological polar surface area (TPSA) is 52.6 Å². The van der Waals surface area contributed by atoms with Gasteiger partial charge in [-0.15, -0.1) is 0 Å². The summed E-state index contributed by atoms with van der Waals surface area (Å²) in [7, 11) is 0. The zero-order valence-electron chi connectivity index (χ0n) is 9.78. The van der Waals surface area contributed by atoms with Gasteiger partial charge in [0.2, 0.25) is 0 Å². The van der Waals surface area contributed by atoms with Crippen molar-refractivity contribution in [1.29, 1.82) is 0 Å². The second kappa shape index (κ2) is 10.0. The first-order chi connectivity index (χ1) is 8.10. The molecule has 0 aliphatic rings. The van der Waals surface area contributed by atoms with E-state index in [1.807, 2.05) is 0 Å². The molecular formula is C10H16Cl2O4Se. The van der Waals surface area contributed by atoms with Gasteiger partial charge in [-0.2, -0.15) is 0 Å². The number of alkyl halides is 2. The van der Waals surface area contributed by atoms with Crippen molar-refractivity contribution in [3.05, 3.63) is 0 Å². The molecule has 0 aliphatic heterocycles. The maximum atomic E-state index is 11.5. The van der Waals surface area contributed by atoms with Crippen LogP contribution >= 0.6 is 23.2 Å². The van der Waals surface area contributed by atoms with E-state index in [0.717, 1.165) is 0 Å². The second-order valence-electron chi connectivity index (χ2n) is 2.93. The standard InChI is InChI=1S/C10H16Cl2O4Se/c1-3-15-9(13)7(5-11)17-8(6-12)10(14)16-4-2/h7-8H,3-6H2,1-2H3. The van der Waals surface area contributed by atoms with Crippen molar-refractivity contribution < 1.29 is 19.1 Å². The Morgan fingerprint density at radius 3 is 1.59 bits per heavy atom. The average molecular weight is 350 g/mol. The Bertz CT molecular complexity index is 226. The van der Waals surface area contributed by atoms with E-state index in [1.54, 1.807) is 13.8 Å². The monoisotopic (exact) mass is 350 g/mol. The van der Waals surface area contributed by atoms with Crippen molar-refractivity contribution in [1.82, 2.24) is 0 Å². The Kier molecular flexibility index (Phi) is 10.0. The summed E-state index contributed by atoms with van der Waals surface area (Å²) < 4.78 is 9.75. The summed E-state index contributed by atoms with van der Waals surface area (Å²) in [4.78, 5) is 22.1. The summed E-state index contributed by atoms with van der Waals surface area (Å²) in [5.74, 6) is -0.485. The number of carbonyl (C=O) groups is 2. The first-order valence-electron chi connectivity index (χ1n) is 5.21. The van der Waals surface area contributed by atoms with E-state index in [0.29, 0.717) is 13.2 Å². The van der Waals surface area contributed by atoms with Crippen LogP contribution in [0.2, 0.25) is 9.63 Å². The molecule has 0 bridgehead atoms. The van der Waals surface area contributed by atoms with Crippen molar-refractivity contribution in [2.75, 3.05) is 25.0 Å². The molecule has 0 spiro atoms. The van der Waals surface area contributed by atoms with Crippen molar-refractivity contribution >= 4 is 50.1 Å². The predicted molar refractivity (Wildman–Crippen MR) is 68.0 cm³/mol. The summed E-state index contributed by atoms with van der Waals surface area (Å²) in [6.45, 7) is 4.04. The fourth-order valence-corrected chi connectivity index (χ4v) is 3.88. The van der Waals surface area contributed by atoms with Gasteiger partial charge in [0.25, 0.3) is 0 Å². The number of esters is 2. The molecule has 0 saturated heterocycles. The maximum absolute atomic E-state index is 11.5. The van der Waals surface area contributed by atoms with Gasteiger partial charge in [0.05, 0.1) is 0 Å². The predicted octanol–water partition coefficient (Wildman–Crippen LogP) is 1.87. The number of rotatable bonds is 8.